The minimum atomic E-state index is -0.379. The number of carbonyl (C=O) groups excluding carboxylic acids is 1. The van der Waals surface area contributed by atoms with Gasteiger partial charge in [-0.15, -0.1) is 0 Å². The summed E-state index contributed by atoms with van der Waals surface area (Å²) in [6, 6.07) is 12.6. The first-order chi connectivity index (χ1) is 13.5. The maximum atomic E-state index is 12.5. The molecule has 2 aromatic carbocycles. The van der Waals surface area contributed by atoms with Crippen molar-refractivity contribution in [2.45, 2.75) is 26.3 Å². The van der Waals surface area contributed by atoms with Crippen LogP contribution >= 0.6 is 0 Å². The number of nitro groups is 1. The molecule has 1 fully saturated rings. The third-order valence-corrected chi connectivity index (χ3v) is 5.22. The normalized spacial score (nSPS) is 14.6. The van der Waals surface area contributed by atoms with Crippen molar-refractivity contribution >= 4 is 17.3 Å². The molecule has 0 atom stereocenters. The first-order valence-corrected chi connectivity index (χ1v) is 9.38. The van der Waals surface area contributed by atoms with Gasteiger partial charge in [-0.25, -0.2) is 0 Å². The van der Waals surface area contributed by atoms with Crippen molar-refractivity contribution in [1.82, 2.24) is 5.32 Å². The number of carbonyl (C=O) groups is 1. The Labute approximate surface area is 164 Å². The van der Waals surface area contributed by atoms with E-state index in [1.54, 1.807) is 19.2 Å². The highest BCUT2D eigenvalue weighted by Gasteiger charge is 2.26. The molecule has 2 aromatic rings. The van der Waals surface area contributed by atoms with Gasteiger partial charge in [0.15, 0.2) is 0 Å². The molecule has 0 unspecified atom stereocenters. The number of piperidine rings is 1. The molecule has 1 aliphatic heterocycles. The lowest BCUT2D eigenvalue weighted by Gasteiger charge is -2.33. The van der Waals surface area contributed by atoms with Crippen molar-refractivity contribution in [2.75, 3.05) is 25.1 Å². The van der Waals surface area contributed by atoms with Crippen molar-refractivity contribution in [3.05, 3.63) is 63.7 Å². The summed E-state index contributed by atoms with van der Waals surface area (Å²) in [6.45, 7) is 3.92. The number of aryl methyl sites for hydroxylation is 1. The number of hydrogen-bond donors (Lipinski definition) is 1. The Morgan fingerprint density at radius 1 is 1.21 bits per heavy atom. The van der Waals surface area contributed by atoms with Gasteiger partial charge in [0.1, 0.15) is 5.75 Å². The zero-order valence-corrected chi connectivity index (χ0v) is 16.2. The van der Waals surface area contributed by atoms with Crippen LogP contribution in [0, 0.1) is 23.0 Å². The van der Waals surface area contributed by atoms with Crippen molar-refractivity contribution in [1.29, 1.82) is 0 Å². The highest BCUT2D eigenvalue weighted by molar-refractivity contribution is 5.79. The van der Waals surface area contributed by atoms with Gasteiger partial charge in [0.05, 0.1) is 12.0 Å². The summed E-state index contributed by atoms with van der Waals surface area (Å²) >= 11 is 0. The Morgan fingerprint density at radius 2 is 1.89 bits per heavy atom. The third kappa shape index (κ3) is 4.60. The fraction of sp³-hybridized carbons (Fsp3) is 0.381. The first-order valence-electron chi connectivity index (χ1n) is 9.38. The highest BCUT2D eigenvalue weighted by atomic mass is 16.6. The number of benzene rings is 2. The maximum Gasteiger partial charge on any atom is 0.269 e. The predicted octanol–water partition coefficient (Wildman–Crippen LogP) is 3.44. The van der Waals surface area contributed by atoms with Crippen LogP contribution in [0.4, 0.5) is 11.4 Å². The molecule has 1 saturated heterocycles. The van der Waals surface area contributed by atoms with Crippen molar-refractivity contribution in [2.24, 2.45) is 5.92 Å². The monoisotopic (exact) mass is 383 g/mol. The van der Waals surface area contributed by atoms with Gasteiger partial charge in [-0.3, -0.25) is 14.9 Å². The number of methoxy groups -OCH3 is 1. The second-order valence-electron chi connectivity index (χ2n) is 7.06. The summed E-state index contributed by atoms with van der Waals surface area (Å²) in [5.74, 6) is 0.868. The van der Waals surface area contributed by atoms with Gasteiger partial charge >= 0.3 is 0 Å². The number of nitrogens with zero attached hydrogens (tertiary/aromatic N) is 2. The Bertz CT molecular complexity index is 843. The van der Waals surface area contributed by atoms with Crippen LogP contribution in [0.5, 0.6) is 5.75 Å². The molecule has 1 N–H and O–H groups in total. The molecule has 0 radical (unpaired) electrons. The molecule has 7 nitrogen and oxygen atoms in total. The van der Waals surface area contributed by atoms with E-state index in [0.717, 1.165) is 48.5 Å². The minimum Gasteiger partial charge on any atom is -0.497 e. The van der Waals surface area contributed by atoms with Crippen LogP contribution in [0.15, 0.2) is 42.5 Å². The van der Waals surface area contributed by atoms with E-state index in [9.17, 15) is 14.9 Å². The molecule has 7 heteroatoms. The number of nitro benzene ring substituents is 1. The summed E-state index contributed by atoms with van der Waals surface area (Å²) in [5, 5.41) is 13.9. The lowest BCUT2D eigenvalue weighted by atomic mass is 9.95. The van der Waals surface area contributed by atoms with Gasteiger partial charge in [0.2, 0.25) is 5.91 Å². The molecule has 1 aliphatic rings. The highest BCUT2D eigenvalue weighted by Crippen LogP contribution is 2.29. The van der Waals surface area contributed by atoms with Crippen molar-refractivity contribution in [3.63, 3.8) is 0 Å². The number of non-ortho nitro benzene ring substituents is 1. The summed E-state index contributed by atoms with van der Waals surface area (Å²) in [4.78, 5) is 25.2. The van der Waals surface area contributed by atoms with Gasteiger partial charge in [-0.2, -0.15) is 0 Å². The standard InChI is InChI=1S/C21H25N3O4/c1-15-13-18(24(26)27)5-8-20(15)23-11-9-17(10-12-23)21(25)22-14-16-3-6-19(28-2)7-4-16/h3-8,13,17H,9-12,14H2,1-2H3,(H,22,25). The van der Waals surface area contributed by atoms with E-state index in [1.807, 2.05) is 31.2 Å². The Morgan fingerprint density at radius 3 is 2.46 bits per heavy atom. The van der Waals surface area contributed by atoms with Gasteiger partial charge < -0.3 is 15.0 Å². The van der Waals surface area contributed by atoms with Crippen LogP contribution in [0.3, 0.4) is 0 Å². The molecular weight excluding hydrogens is 358 g/mol. The number of hydrogen-bond acceptors (Lipinski definition) is 5. The van der Waals surface area contributed by atoms with E-state index in [4.69, 9.17) is 4.74 Å². The molecule has 0 aromatic heterocycles. The van der Waals surface area contributed by atoms with E-state index in [-0.39, 0.29) is 22.4 Å². The van der Waals surface area contributed by atoms with Crippen molar-refractivity contribution in [3.8, 4) is 5.75 Å². The van der Waals surface area contributed by atoms with Gasteiger partial charge in [-0.05, 0) is 49.1 Å². The van der Waals surface area contributed by atoms with Crippen LogP contribution < -0.4 is 15.0 Å². The van der Waals surface area contributed by atoms with Gasteiger partial charge in [0.25, 0.3) is 5.69 Å². The summed E-state index contributed by atoms with van der Waals surface area (Å²) in [6.07, 6.45) is 1.54. The number of nitrogens with one attached hydrogen (secondary N) is 1. The Balaban J connectivity index is 1.51. The third-order valence-electron chi connectivity index (χ3n) is 5.22. The van der Waals surface area contributed by atoms with Crippen molar-refractivity contribution < 1.29 is 14.5 Å². The Kier molecular flexibility index (Phi) is 6.13. The maximum absolute atomic E-state index is 12.5. The molecule has 28 heavy (non-hydrogen) atoms. The van der Waals surface area contributed by atoms with Gasteiger partial charge in [0, 0.05) is 43.4 Å². The molecule has 3 rings (SSSR count). The minimum absolute atomic E-state index is 0.00662. The van der Waals surface area contributed by atoms with E-state index < -0.39 is 0 Å². The van der Waals surface area contributed by atoms with E-state index in [0.29, 0.717) is 6.54 Å². The largest absolute Gasteiger partial charge is 0.497 e. The zero-order chi connectivity index (χ0) is 20.1. The summed E-state index contributed by atoms with van der Waals surface area (Å²) in [7, 11) is 1.63. The average molecular weight is 383 g/mol. The zero-order valence-electron chi connectivity index (χ0n) is 16.2. The number of anilines is 1. The quantitative estimate of drug-likeness (QED) is 0.610. The predicted molar refractivity (Wildman–Crippen MR) is 108 cm³/mol. The number of ether oxygens (including phenoxy) is 1. The molecule has 1 amide bonds. The lowest BCUT2D eigenvalue weighted by molar-refractivity contribution is -0.384. The van der Waals surface area contributed by atoms with Crippen LogP contribution in [0.1, 0.15) is 24.0 Å². The van der Waals surface area contributed by atoms with Crippen LogP contribution in [0.2, 0.25) is 0 Å². The average Bonchev–Trinajstić information content (AvgIpc) is 2.72. The summed E-state index contributed by atoms with van der Waals surface area (Å²) in [5.41, 5.74) is 3.03. The van der Waals surface area contributed by atoms with Crippen LogP contribution in [-0.2, 0) is 11.3 Å². The van der Waals surface area contributed by atoms with E-state index in [1.165, 1.54) is 6.07 Å². The molecule has 0 spiro atoms. The number of rotatable bonds is 6. The number of amides is 1. The van der Waals surface area contributed by atoms with Crippen LogP contribution in [-0.4, -0.2) is 31.0 Å². The second-order valence-corrected chi connectivity index (χ2v) is 7.06. The first kappa shape index (κ1) is 19.7. The smallest absolute Gasteiger partial charge is 0.269 e. The van der Waals surface area contributed by atoms with Gasteiger partial charge in [-0.1, -0.05) is 12.1 Å². The molecular formula is C21H25N3O4. The fourth-order valence-electron chi connectivity index (χ4n) is 3.57. The molecule has 0 saturated carbocycles. The fourth-order valence-corrected chi connectivity index (χ4v) is 3.57. The SMILES string of the molecule is COc1ccc(CNC(=O)C2CCN(c3ccc([N+](=O)[O-])cc3C)CC2)cc1. The molecule has 0 aliphatic carbocycles. The van der Waals surface area contributed by atoms with E-state index in [2.05, 4.69) is 10.2 Å². The van der Waals surface area contributed by atoms with Crippen LogP contribution in [0.25, 0.3) is 0 Å². The molecule has 0 bridgehead atoms. The second kappa shape index (κ2) is 8.73. The molecule has 148 valence electrons. The lowest BCUT2D eigenvalue weighted by Crippen LogP contribution is -2.40. The Hall–Kier alpha value is -3.09. The summed E-state index contributed by atoms with van der Waals surface area (Å²) < 4.78 is 5.14. The van der Waals surface area contributed by atoms with E-state index >= 15 is 0 Å². The molecule has 1 heterocycles. The topological polar surface area (TPSA) is 84.7 Å².